The summed E-state index contributed by atoms with van der Waals surface area (Å²) in [6.07, 6.45) is 3.65. The van der Waals surface area contributed by atoms with E-state index in [0.29, 0.717) is 17.6 Å². The molecule has 22 heavy (non-hydrogen) atoms. The van der Waals surface area contributed by atoms with Gasteiger partial charge in [0, 0.05) is 0 Å². The average Bonchev–Trinajstić information content (AvgIpc) is 2.58. The number of carbonyl (C=O) groups is 2. The number of aldehydes is 1. The van der Waals surface area contributed by atoms with Crippen molar-refractivity contribution in [3.63, 3.8) is 0 Å². The fraction of sp³-hybridized carbons (Fsp3) is 0.111. The van der Waals surface area contributed by atoms with Crippen LogP contribution in [-0.4, -0.2) is 19.4 Å². The van der Waals surface area contributed by atoms with Gasteiger partial charge in [0.2, 0.25) is 0 Å². The molecule has 4 heteroatoms. The largest absolute Gasteiger partial charge is 0.496 e. The molecule has 0 saturated carbocycles. The second-order valence-corrected chi connectivity index (χ2v) is 4.52. The van der Waals surface area contributed by atoms with Gasteiger partial charge in [0.05, 0.1) is 7.11 Å². The zero-order valence-electron chi connectivity index (χ0n) is 12.2. The molecular formula is C18H16O4. The second-order valence-electron chi connectivity index (χ2n) is 4.52. The van der Waals surface area contributed by atoms with Crippen LogP contribution in [0.15, 0.2) is 54.6 Å². The lowest BCUT2D eigenvalue weighted by Gasteiger charge is -2.10. The van der Waals surface area contributed by atoms with E-state index in [4.69, 9.17) is 9.47 Å². The Morgan fingerprint density at radius 2 is 1.91 bits per heavy atom. The highest BCUT2D eigenvalue weighted by Crippen LogP contribution is 2.22. The molecule has 2 aromatic carbocycles. The zero-order valence-corrected chi connectivity index (χ0v) is 12.2. The first kappa shape index (κ1) is 15.5. The van der Waals surface area contributed by atoms with Crippen LogP contribution in [0.25, 0.3) is 6.08 Å². The van der Waals surface area contributed by atoms with Crippen LogP contribution < -0.4 is 4.74 Å². The van der Waals surface area contributed by atoms with Crippen LogP contribution in [0.1, 0.15) is 21.5 Å². The monoisotopic (exact) mass is 296 g/mol. The van der Waals surface area contributed by atoms with E-state index >= 15 is 0 Å². The van der Waals surface area contributed by atoms with Crippen molar-refractivity contribution in [1.29, 1.82) is 0 Å². The lowest BCUT2D eigenvalue weighted by atomic mass is 10.1. The van der Waals surface area contributed by atoms with Gasteiger partial charge in [-0.3, -0.25) is 4.79 Å². The third-order valence-electron chi connectivity index (χ3n) is 3.02. The first-order chi connectivity index (χ1) is 10.7. The van der Waals surface area contributed by atoms with Crippen molar-refractivity contribution in [1.82, 2.24) is 0 Å². The van der Waals surface area contributed by atoms with Crippen molar-refractivity contribution in [3.8, 4) is 5.75 Å². The Kier molecular flexibility index (Phi) is 5.49. The summed E-state index contributed by atoms with van der Waals surface area (Å²) in [5.41, 5.74) is 1.96. The van der Waals surface area contributed by atoms with Crippen LogP contribution in [0.5, 0.6) is 5.75 Å². The molecule has 0 unspecified atom stereocenters. The van der Waals surface area contributed by atoms with Crippen LogP contribution in [0.2, 0.25) is 0 Å². The van der Waals surface area contributed by atoms with Gasteiger partial charge in [-0.05, 0) is 29.3 Å². The van der Waals surface area contributed by atoms with Crippen molar-refractivity contribution in [2.24, 2.45) is 0 Å². The van der Waals surface area contributed by atoms with E-state index in [0.717, 1.165) is 11.1 Å². The van der Waals surface area contributed by atoms with E-state index < -0.39 is 5.97 Å². The maximum atomic E-state index is 12.2. The minimum atomic E-state index is -0.470. The summed E-state index contributed by atoms with van der Waals surface area (Å²) in [4.78, 5) is 22.6. The van der Waals surface area contributed by atoms with Gasteiger partial charge in [-0.1, -0.05) is 42.5 Å². The number of hydrogen-bond donors (Lipinski definition) is 0. The smallest absolute Gasteiger partial charge is 0.342 e. The van der Waals surface area contributed by atoms with Crippen LogP contribution in [0.4, 0.5) is 0 Å². The molecule has 0 heterocycles. The van der Waals surface area contributed by atoms with Crippen molar-refractivity contribution >= 4 is 18.3 Å². The molecule has 0 spiro atoms. The molecule has 0 aliphatic carbocycles. The van der Waals surface area contributed by atoms with Crippen molar-refractivity contribution in [3.05, 3.63) is 71.3 Å². The number of carbonyl (C=O) groups excluding carboxylic acids is 2. The number of benzene rings is 2. The fourth-order valence-electron chi connectivity index (χ4n) is 1.94. The Bertz CT molecular complexity index is 675. The Labute approximate surface area is 129 Å². The molecule has 112 valence electrons. The molecular weight excluding hydrogens is 280 g/mol. The summed E-state index contributed by atoms with van der Waals surface area (Å²) in [6, 6.07) is 14.5. The number of methoxy groups -OCH3 is 1. The number of ether oxygens (including phenoxy) is 2. The van der Waals surface area contributed by atoms with Crippen molar-refractivity contribution in [2.45, 2.75) is 6.61 Å². The number of hydrogen-bond acceptors (Lipinski definition) is 4. The first-order valence-corrected chi connectivity index (χ1v) is 6.75. The Balaban J connectivity index is 2.16. The molecule has 4 nitrogen and oxygen atoms in total. The highest BCUT2D eigenvalue weighted by Gasteiger charge is 2.14. The zero-order chi connectivity index (χ0) is 15.8. The van der Waals surface area contributed by atoms with Gasteiger partial charge in [0.25, 0.3) is 0 Å². The van der Waals surface area contributed by atoms with E-state index in [1.165, 1.54) is 13.2 Å². The first-order valence-electron chi connectivity index (χ1n) is 6.75. The van der Waals surface area contributed by atoms with Gasteiger partial charge in [0.1, 0.15) is 24.2 Å². The predicted molar refractivity (Wildman–Crippen MR) is 83.7 cm³/mol. The standard InChI is InChI=1S/C18H16O4/c1-21-17-10-9-14(8-5-11-19)12-16(17)18(20)22-13-15-6-3-2-4-7-15/h2-12H,13H2,1H3/b8-5+. The van der Waals surface area contributed by atoms with E-state index in [2.05, 4.69) is 0 Å². The molecule has 0 fully saturated rings. The molecule has 0 aliphatic rings. The maximum absolute atomic E-state index is 12.2. The van der Waals surface area contributed by atoms with Gasteiger partial charge in [-0.15, -0.1) is 0 Å². The summed E-state index contributed by atoms with van der Waals surface area (Å²) in [5.74, 6) is -0.0385. The molecule has 0 saturated heterocycles. The minimum absolute atomic E-state index is 0.192. The number of rotatable bonds is 6. The highest BCUT2D eigenvalue weighted by molar-refractivity contribution is 5.93. The number of esters is 1. The van der Waals surface area contributed by atoms with Crippen LogP contribution >= 0.6 is 0 Å². The summed E-state index contributed by atoms with van der Waals surface area (Å²) in [7, 11) is 1.49. The molecule has 0 radical (unpaired) electrons. The second kappa shape index (κ2) is 7.78. The minimum Gasteiger partial charge on any atom is -0.496 e. The third kappa shape index (κ3) is 4.06. The third-order valence-corrected chi connectivity index (χ3v) is 3.02. The maximum Gasteiger partial charge on any atom is 0.342 e. The molecule has 0 atom stereocenters. The molecule has 2 aromatic rings. The predicted octanol–water partition coefficient (Wildman–Crippen LogP) is 3.26. The van der Waals surface area contributed by atoms with Gasteiger partial charge < -0.3 is 9.47 Å². The van der Waals surface area contributed by atoms with E-state index in [9.17, 15) is 9.59 Å². The lowest BCUT2D eigenvalue weighted by molar-refractivity contribution is -0.104. The topological polar surface area (TPSA) is 52.6 Å². The summed E-state index contributed by atoms with van der Waals surface area (Å²) >= 11 is 0. The SMILES string of the molecule is COc1ccc(/C=C/C=O)cc1C(=O)OCc1ccccc1. The molecule has 0 bridgehead atoms. The van der Waals surface area contributed by atoms with Crippen LogP contribution in [0, 0.1) is 0 Å². The number of allylic oxidation sites excluding steroid dienone is 1. The highest BCUT2D eigenvalue weighted by atomic mass is 16.5. The van der Waals surface area contributed by atoms with Crippen molar-refractivity contribution in [2.75, 3.05) is 7.11 Å². The molecule has 0 amide bonds. The summed E-state index contributed by atoms with van der Waals surface area (Å²) in [6.45, 7) is 0.192. The lowest BCUT2D eigenvalue weighted by Crippen LogP contribution is -2.07. The van der Waals surface area contributed by atoms with Crippen molar-refractivity contribution < 1.29 is 19.1 Å². The Hall–Kier alpha value is -2.88. The molecule has 0 aromatic heterocycles. The van der Waals surface area contributed by atoms with Crippen LogP contribution in [0.3, 0.4) is 0 Å². The van der Waals surface area contributed by atoms with E-state index in [1.54, 1.807) is 24.3 Å². The summed E-state index contributed by atoms with van der Waals surface area (Å²) in [5, 5.41) is 0. The van der Waals surface area contributed by atoms with E-state index in [-0.39, 0.29) is 6.61 Å². The summed E-state index contributed by atoms with van der Waals surface area (Å²) < 4.78 is 10.5. The van der Waals surface area contributed by atoms with Gasteiger partial charge >= 0.3 is 5.97 Å². The molecule has 0 N–H and O–H groups in total. The Morgan fingerprint density at radius 1 is 1.14 bits per heavy atom. The molecule has 0 aliphatic heterocycles. The molecule has 2 rings (SSSR count). The average molecular weight is 296 g/mol. The normalized spacial score (nSPS) is 10.4. The fourth-order valence-corrected chi connectivity index (χ4v) is 1.94. The van der Waals surface area contributed by atoms with Crippen LogP contribution in [-0.2, 0) is 16.1 Å². The Morgan fingerprint density at radius 3 is 2.59 bits per heavy atom. The van der Waals surface area contributed by atoms with Gasteiger partial charge in [-0.25, -0.2) is 4.79 Å². The van der Waals surface area contributed by atoms with E-state index in [1.807, 2.05) is 30.3 Å². The quantitative estimate of drug-likeness (QED) is 0.466. The van der Waals surface area contributed by atoms with Gasteiger partial charge in [-0.2, -0.15) is 0 Å². The van der Waals surface area contributed by atoms with Gasteiger partial charge in [0.15, 0.2) is 0 Å².